The zero-order valence-electron chi connectivity index (χ0n) is 18.4. The number of fused-ring (bicyclic) bond motifs is 1. The Hall–Kier alpha value is -2.03. The fourth-order valence-corrected chi connectivity index (χ4v) is 5.57. The van der Waals surface area contributed by atoms with Crippen molar-refractivity contribution in [3.8, 4) is 0 Å². The van der Waals surface area contributed by atoms with Gasteiger partial charge in [-0.25, -0.2) is 0 Å². The molecule has 9 heteroatoms. The van der Waals surface area contributed by atoms with Crippen LogP contribution in [0.5, 0.6) is 0 Å². The van der Waals surface area contributed by atoms with Crippen molar-refractivity contribution < 1.29 is 13.2 Å². The molecule has 0 radical (unpaired) electrons. The standard InChI is InChI=1S/C23H28ClN3O3S2/c1-16(15-31-18-10-8-17(24)9-11-18)14-25-22(28)13-23(2,3)12-21-26-19-6-4-5-7-20(19)32(29,30)27-21/h4-11,16H,12-15H2,1-3H3,(H,25,28)(H,26,27)/t16-/m0/s1. The SMILES string of the molecule is C[C@@H](CNC(=O)CC(C)(C)CC1=NS(=O)(=O)c2ccccc2N1)CSc1ccc(Cl)cc1. The first-order chi connectivity index (χ1) is 15.0. The second-order valence-corrected chi connectivity index (χ2v) is 11.9. The molecule has 0 fully saturated rings. The predicted octanol–water partition coefficient (Wildman–Crippen LogP) is 5.20. The summed E-state index contributed by atoms with van der Waals surface area (Å²) < 4.78 is 28.8. The van der Waals surface area contributed by atoms with Crippen molar-refractivity contribution in [2.24, 2.45) is 15.7 Å². The minimum atomic E-state index is -3.73. The molecule has 0 saturated carbocycles. The maximum atomic E-state index is 12.5. The summed E-state index contributed by atoms with van der Waals surface area (Å²) >= 11 is 7.64. The molecule has 172 valence electrons. The van der Waals surface area contributed by atoms with Gasteiger partial charge in [0.2, 0.25) is 5.91 Å². The van der Waals surface area contributed by atoms with Gasteiger partial charge in [-0.05, 0) is 47.7 Å². The van der Waals surface area contributed by atoms with Gasteiger partial charge >= 0.3 is 0 Å². The zero-order valence-corrected chi connectivity index (χ0v) is 20.8. The Morgan fingerprint density at radius 3 is 2.59 bits per heavy atom. The lowest BCUT2D eigenvalue weighted by Crippen LogP contribution is -2.34. The summed E-state index contributed by atoms with van der Waals surface area (Å²) in [4.78, 5) is 13.8. The number of anilines is 1. The average Bonchev–Trinajstić information content (AvgIpc) is 2.70. The van der Waals surface area contributed by atoms with Crippen molar-refractivity contribution in [3.05, 3.63) is 53.6 Å². The number of sulfonamides is 1. The molecular formula is C23H28ClN3O3S2. The highest BCUT2D eigenvalue weighted by Crippen LogP contribution is 2.32. The third-order valence-corrected chi connectivity index (χ3v) is 7.92. The number of halogens is 1. The Balaban J connectivity index is 1.48. The minimum absolute atomic E-state index is 0.0574. The van der Waals surface area contributed by atoms with Gasteiger partial charge < -0.3 is 10.6 Å². The second kappa shape index (κ2) is 10.3. The van der Waals surface area contributed by atoms with E-state index in [-0.39, 0.29) is 17.2 Å². The highest BCUT2D eigenvalue weighted by atomic mass is 35.5. The van der Waals surface area contributed by atoms with Gasteiger partial charge in [0.15, 0.2) is 0 Å². The number of carbonyl (C=O) groups is 1. The number of thioether (sulfide) groups is 1. The van der Waals surface area contributed by atoms with Crippen LogP contribution in [0.15, 0.2) is 62.7 Å². The number of nitrogens with one attached hydrogen (secondary N) is 2. The first-order valence-corrected chi connectivity index (χ1v) is 13.2. The van der Waals surface area contributed by atoms with Gasteiger partial charge in [0.1, 0.15) is 10.7 Å². The van der Waals surface area contributed by atoms with Crippen LogP contribution in [0.2, 0.25) is 5.02 Å². The van der Waals surface area contributed by atoms with Crippen molar-refractivity contribution >= 4 is 50.8 Å². The number of hydrogen-bond donors (Lipinski definition) is 2. The normalized spacial score (nSPS) is 15.8. The Morgan fingerprint density at radius 1 is 1.19 bits per heavy atom. The summed E-state index contributed by atoms with van der Waals surface area (Å²) in [6.07, 6.45) is 0.613. The van der Waals surface area contributed by atoms with E-state index < -0.39 is 15.4 Å². The summed E-state index contributed by atoms with van der Waals surface area (Å²) in [6, 6.07) is 14.4. The maximum Gasteiger partial charge on any atom is 0.286 e. The molecule has 0 saturated heterocycles. The van der Waals surface area contributed by atoms with Crippen LogP contribution in [-0.2, 0) is 14.8 Å². The zero-order chi connectivity index (χ0) is 23.4. The van der Waals surface area contributed by atoms with Gasteiger partial charge in [0, 0.05) is 35.1 Å². The number of para-hydroxylation sites is 1. The van der Waals surface area contributed by atoms with E-state index in [0.717, 1.165) is 10.6 Å². The largest absolute Gasteiger partial charge is 0.356 e. The number of hydrogen-bond acceptors (Lipinski definition) is 5. The monoisotopic (exact) mass is 493 g/mol. The molecular weight excluding hydrogens is 466 g/mol. The molecule has 0 aliphatic carbocycles. The van der Waals surface area contributed by atoms with Crippen molar-refractivity contribution in [2.75, 3.05) is 17.6 Å². The van der Waals surface area contributed by atoms with Gasteiger partial charge in [-0.2, -0.15) is 8.42 Å². The smallest absolute Gasteiger partial charge is 0.286 e. The van der Waals surface area contributed by atoms with Gasteiger partial charge in [-0.3, -0.25) is 4.79 Å². The van der Waals surface area contributed by atoms with Crippen molar-refractivity contribution in [1.82, 2.24) is 5.32 Å². The van der Waals surface area contributed by atoms with Gasteiger partial charge in [0.05, 0.1) is 5.69 Å². The number of nitrogens with zero attached hydrogens (tertiary/aromatic N) is 1. The van der Waals surface area contributed by atoms with Crippen LogP contribution < -0.4 is 10.6 Å². The van der Waals surface area contributed by atoms with Crippen LogP contribution in [0.3, 0.4) is 0 Å². The number of benzene rings is 2. The summed E-state index contributed by atoms with van der Waals surface area (Å²) in [6.45, 7) is 6.54. The third kappa shape index (κ3) is 6.98. The first kappa shape index (κ1) is 24.6. The van der Waals surface area contributed by atoms with Crippen LogP contribution >= 0.6 is 23.4 Å². The highest BCUT2D eigenvalue weighted by molar-refractivity contribution is 7.99. The number of rotatable bonds is 9. The minimum Gasteiger partial charge on any atom is -0.356 e. The van der Waals surface area contributed by atoms with Crippen molar-refractivity contribution in [2.45, 2.75) is 43.4 Å². The number of amidine groups is 1. The fourth-order valence-electron chi connectivity index (χ4n) is 3.37. The van der Waals surface area contributed by atoms with Crippen molar-refractivity contribution in [3.63, 3.8) is 0 Å². The Bertz CT molecular complexity index is 1100. The molecule has 0 aromatic heterocycles. The maximum absolute atomic E-state index is 12.5. The van der Waals surface area contributed by atoms with E-state index in [4.69, 9.17) is 11.6 Å². The summed E-state index contributed by atoms with van der Waals surface area (Å²) in [5, 5.41) is 6.81. The van der Waals surface area contributed by atoms with E-state index in [1.807, 2.05) is 38.1 Å². The molecule has 32 heavy (non-hydrogen) atoms. The highest BCUT2D eigenvalue weighted by Gasteiger charge is 2.30. The number of amides is 1. The van der Waals surface area contributed by atoms with Crippen LogP contribution in [-0.4, -0.2) is 32.5 Å². The van der Waals surface area contributed by atoms with Gasteiger partial charge in [-0.1, -0.05) is 44.5 Å². The molecule has 0 spiro atoms. The topological polar surface area (TPSA) is 87.6 Å². The average molecular weight is 494 g/mol. The predicted molar refractivity (Wildman–Crippen MR) is 132 cm³/mol. The van der Waals surface area contributed by atoms with Gasteiger partial charge in [-0.15, -0.1) is 16.2 Å². The molecule has 0 unspecified atom stereocenters. The van der Waals surface area contributed by atoms with E-state index in [1.54, 1.807) is 30.0 Å². The molecule has 2 N–H and O–H groups in total. The van der Waals surface area contributed by atoms with Crippen LogP contribution in [0.4, 0.5) is 5.69 Å². The summed E-state index contributed by atoms with van der Waals surface area (Å²) in [7, 11) is -3.73. The summed E-state index contributed by atoms with van der Waals surface area (Å²) in [5.41, 5.74) is 0.0590. The first-order valence-electron chi connectivity index (χ1n) is 10.4. The molecule has 1 aliphatic rings. The Labute approximate surface area is 199 Å². The lowest BCUT2D eigenvalue weighted by Gasteiger charge is -2.27. The number of carbonyl (C=O) groups excluding carboxylic acids is 1. The van der Waals surface area contributed by atoms with E-state index in [0.29, 0.717) is 35.4 Å². The molecule has 0 bridgehead atoms. The molecule has 3 rings (SSSR count). The van der Waals surface area contributed by atoms with Crippen LogP contribution in [0.1, 0.15) is 33.6 Å². The molecule has 2 aromatic carbocycles. The lowest BCUT2D eigenvalue weighted by atomic mass is 9.84. The summed E-state index contributed by atoms with van der Waals surface area (Å²) in [5.74, 6) is 1.48. The van der Waals surface area contributed by atoms with E-state index in [1.165, 1.54) is 6.07 Å². The van der Waals surface area contributed by atoms with E-state index >= 15 is 0 Å². The van der Waals surface area contributed by atoms with Crippen molar-refractivity contribution in [1.29, 1.82) is 0 Å². The molecule has 1 aliphatic heterocycles. The van der Waals surface area contributed by atoms with Crippen LogP contribution in [0, 0.1) is 11.3 Å². The molecule has 2 aromatic rings. The van der Waals surface area contributed by atoms with E-state index in [9.17, 15) is 13.2 Å². The second-order valence-electron chi connectivity index (χ2n) is 8.83. The Kier molecular flexibility index (Phi) is 7.90. The molecule has 6 nitrogen and oxygen atoms in total. The third-order valence-electron chi connectivity index (χ3n) is 4.96. The van der Waals surface area contributed by atoms with Crippen LogP contribution in [0.25, 0.3) is 0 Å². The molecule has 1 heterocycles. The Morgan fingerprint density at radius 2 is 1.88 bits per heavy atom. The lowest BCUT2D eigenvalue weighted by molar-refractivity contribution is -0.123. The van der Waals surface area contributed by atoms with Gasteiger partial charge in [0.25, 0.3) is 10.0 Å². The molecule has 1 amide bonds. The van der Waals surface area contributed by atoms with E-state index in [2.05, 4.69) is 22.0 Å². The molecule has 1 atom stereocenters. The fraction of sp³-hybridized carbons (Fsp3) is 0.391. The quantitative estimate of drug-likeness (QED) is 0.468.